The van der Waals surface area contributed by atoms with Gasteiger partial charge < -0.3 is 19.6 Å². The number of piperidine rings is 2. The van der Waals surface area contributed by atoms with Crippen molar-refractivity contribution < 1.29 is 9.84 Å². The van der Waals surface area contributed by atoms with Gasteiger partial charge in [-0.1, -0.05) is 0 Å². The molecule has 0 unspecified atom stereocenters. The summed E-state index contributed by atoms with van der Waals surface area (Å²) in [7, 11) is 1.52. The van der Waals surface area contributed by atoms with E-state index in [0.29, 0.717) is 23.6 Å². The van der Waals surface area contributed by atoms with E-state index in [0.717, 1.165) is 57.4 Å². The Morgan fingerprint density at radius 3 is 2.07 bits per heavy atom. The number of aromatic hydroxyl groups is 1. The van der Waals surface area contributed by atoms with Crippen molar-refractivity contribution in [3.05, 3.63) is 23.8 Å². The van der Waals surface area contributed by atoms with Crippen LogP contribution in [0.25, 0.3) is 0 Å². The molecule has 0 saturated carbocycles. The van der Waals surface area contributed by atoms with Crippen molar-refractivity contribution in [3.8, 4) is 11.5 Å². The SMILES string of the molecule is COc1ccc(/C=N/Nc2nc(N3CCCCC3)nc(N3CCCCC3)n2)cc1O. The normalized spacial score (nSPS) is 17.4. The van der Waals surface area contributed by atoms with Crippen LogP contribution in [0.2, 0.25) is 0 Å². The van der Waals surface area contributed by atoms with Gasteiger partial charge in [0, 0.05) is 26.2 Å². The summed E-state index contributed by atoms with van der Waals surface area (Å²) < 4.78 is 5.07. The molecule has 9 heteroatoms. The molecule has 2 fully saturated rings. The number of benzene rings is 1. The Balaban J connectivity index is 1.53. The highest BCUT2D eigenvalue weighted by molar-refractivity contribution is 5.81. The Labute approximate surface area is 176 Å². The first-order valence-corrected chi connectivity index (χ1v) is 10.6. The fraction of sp³-hybridized carbons (Fsp3) is 0.524. The minimum Gasteiger partial charge on any atom is -0.504 e. The molecule has 1 aromatic carbocycles. The van der Waals surface area contributed by atoms with Crippen molar-refractivity contribution in [2.45, 2.75) is 38.5 Å². The van der Waals surface area contributed by atoms with Gasteiger partial charge in [0.15, 0.2) is 11.5 Å². The van der Waals surface area contributed by atoms with E-state index < -0.39 is 0 Å². The Bertz CT molecular complexity index is 841. The molecule has 0 aliphatic carbocycles. The first kappa shape index (κ1) is 20.2. The summed E-state index contributed by atoms with van der Waals surface area (Å²) in [6, 6.07) is 5.10. The van der Waals surface area contributed by atoms with Gasteiger partial charge in [-0.3, -0.25) is 0 Å². The average Bonchev–Trinajstić information content (AvgIpc) is 2.80. The zero-order valence-corrected chi connectivity index (χ0v) is 17.4. The van der Waals surface area contributed by atoms with E-state index in [-0.39, 0.29) is 5.75 Å². The van der Waals surface area contributed by atoms with Crippen molar-refractivity contribution in [1.29, 1.82) is 0 Å². The monoisotopic (exact) mass is 411 g/mol. The number of ether oxygens (including phenoxy) is 1. The Hall–Kier alpha value is -3.10. The number of methoxy groups -OCH3 is 1. The number of hydrogen-bond donors (Lipinski definition) is 2. The zero-order valence-electron chi connectivity index (χ0n) is 17.4. The summed E-state index contributed by atoms with van der Waals surface area (Å²) >= 11 is 0. The molecule has 0 amide bonds. The maximum atomic E-state index is 9.92. The second-order valence-electron chi connectivity index (χ2n) is 7.66. The van der Waals surface area contributed by atoms with Crippen LogP contribution in [0.1, 0.15) is 44.1 Å². The van der Waals surface area contributed by atoms with Crippen molar-refractivity contribution in [3.63, 3.8) is 0 Å². The van der Waals surface area contributed by atoms with Crippen molar-refractivity contribution >= 4 is 24.1 Å². The minimum atomic E-state index is 0.0707. The number of hydrogen-bond acceptors (Lipinski definition) is 9. The van der Waals surface area contributed by atoms with E-state index >= 15 is 0 Å². The molecule has 3 heterocycles. The van der Waals surface area contributed by atoms with Gasteiger partial charge in [-0.2, -0.15) is 20.1 Å². The second-order valence-corrected chi connectivity index (χ2v) is 7.66. The number of nitrogens with zero attached hydrogens (tertiary/aromatic N) is 6. The number of rotatable bonds is 6. The Morgan fingerprint density at radius 1 is 0.933 bits per heavy atom. The lowest BCUT2D eigenvalue weighted by atomic mass is 10.1. The lowest BCUT2D eigenvalue weighted by molar-refractivity contribution is 0.373. The Morgan fingerprint density at radius 2 is 1.53 bits per heavy atom. The molecule has 2 saturated heterocycles. The van der Waals surface area contributed by atoms with Gasteiger partial charge in [0.1, 0.15) is 0 Å². The summed E-state index contributed by atoms with van der Waals surface area (Å²) in [5, 5.41) is 14.2. The van der Waals surface area contributed by atoms with Crippen LogP contribution in [0.3, 0.4) is 0 Å². The number of hydrazone groups is 1. The molecule has 9 nitrogen and oxygen atoms in total. The molecule has 1 aromatic heterocycles. The highest BCUT2D eigenvalue weighted by Gasteiger charge is 2.20. The maximum absolute atomic E-state index is 9.92. The van der Waals surface area contributed by atoms with Crippen LogP contribution in [0.5, 0.6) is 11.5 Å². The predicted molar refractivity (Wildman–Crippen MR) is 118 cm³/mol. The number of phenols is 1. The number of phenolic OH excluding ortho intramolecular Hbond substituents is 1. The molecule has 0 bridgehead atoms. The van der Waals surface area contributed by atoms with E-state index in [4.69, 9.17) is 9.72 Å². The predicted octanol–water partition coefficient (Wildman–Crippen LogP) is 3.01. The summed E-state index contributed by atoms with van der Waals surface area (Å²) in [4.78, 5) is 18.5. The molecule has 4 rings (SSSR count). The van der Waals surface area contributed by atoms with Gasteiger partial charge in [0.25, 0.3) is 0 Å². The zero-order chi connectivity index (χ0) is 20.8. The first-order chi connectivity index (χ1) is 14.7. The van der Waals surface area contributed by atoms with E-state index in [1.807, 2.05) is 6.07 Å². The molecule has 2 aromatic rings. The third-order valence-corrected chi connectivity index (χ3v) is 5.47. The summed E-state index contributed by atoms with van der Waals surface area (Å²) in [6.07, 6.45) is 8.76. The largest absolute Gasteiger partial charge is 0.504 e. The molecule has 0 atom stereocenters. The molecular weight excluding hydrogens is 382 g/mol. The standard InChI is InChI=1S/C21H29N7O2/c1-30-18-9-8-16(14-17(18)29)15-22-26-19-23-20(27-10-4-2-5-11-27)25-21(24-19)28-12-6-3-7-13-28/h8-9,14-15,29H,2-7,10-13H2,1H3,(H,23,24,25,26)/b22-15+. The second kappa shape index (κ2) is 9.60. The van der Waals surface area contributed by atoms with Crippen LogP contribution in [0.15, 0.2) is 23.3 Å². The lowest BCUT2D eigenvalue weighted by Crippen LogP contribution is -2.34. The van der Waals surface area contributed by atoms with E-state index in [1.165, 1.54) is 20.0 Å². The molecule has 2 aliphatic rings. The van der Waals surface area contributed by atoms with Crippen molar-refractivity contribution in [1.82, 2.24) is 15.0 Å². The first-order valence-electron chi connectivity index (χ1n) is 10.6. The third kappa shape index (κ3) is 4.90. The molecule has 0 radical (unpaired) electrons. The van der Waals surface area contributed by atoms with Crippen LogP contribution < -0.4 is 20.0 Å². The minimum absolute atomic E-state index is 0.0707. The van der Waals surface area contributed by atoms with Gasteiger partial charge in [-0.25, -0.2) is 5.43 Å². The van der Waals surface area contributed by atoms with Crippen LogP contribution in [0, 0.1) is 0 Å². The van der Waals surface area contributed by atoms with Gasteiger partial charge in [-0.15, -0.1) is 0 Å². The number of anilines is 3. The van der Waals surface area contributed by atoms with Crippen molar-refractivity contribution in [2.24, 2.45) is 5.10 Å². The van der Waals surface area contributed by atoms with Gasteiger partial charge in [0.05, 0.1) is 13.3 Å². The number of aromatic nitrogens is 3. The molecule has 30 heavy (non-hydrogen) atoms. The molecule has 0 spiro atoms. The molecule has 2 N–H and O–H groups in total. The van der Waals surface area contributed by atoms with Gasteiger partial charge >= 0.3 is 0 Å². The fourth-order valence-electron chi connectivity index (χ4n) is 3.83. The molecular formula is C21H29N7O2. The Kier molecular flexibility index (Phi) is 6.46. The molecule has 2 aliphatic heterocycles. The van der Waals surface area contributed by atoms with Gasteiger partial charge in [0.2, 0.25) is 17.8 Å². The van der Waals surface area contributed by atoms with Crippen LogP contribution in [-0.2, 0) is 0 Å². The fourth-order valence-corrected chi connectivity index (χ4v) is 3.83. The number of nitrogens with one attached hydrogen (secondary N) is 1. The average molecular weight is 412 g/mol. The summed E-state index contributed by atoms with van der Waals surface area (Å²) in [5.41, 5.74) is 3.68. The van der Waals surface area contributed by atoms with E-state index in [1.54, 1.807) is 18.3 Å². The maximum Gasteiger partial charge on any atom is 0.250 e. The summed E-state index contributed by atoms with van der Waals surface area (Å²) in [6.45, 7) is 3.88. The van der Waals surface area contributed by atoms with Gasteiger partial charge in [-0.05, 0) is 62.3 Å². The quantitative estimate of drug-likeness (QED) is 0.553. The van der Waals surface area contributed by atoms with Crippen LogP contribution in [-0.4, -0.2) is 59.6 Å². The molecule has 160 valence electrons. The topological polar surface area (TPSA) is 99.0 Å². The highest BCUT2D eigenvalue weighted by Crippen LogP contribution is 2.26. The summed E-state index contributed by atoms with van der Waals surface area (Å²) in [5.74, 6) is 2.35. The third-order valence-electron chi connectivity index (χ3n) is 5.47. The van der Waals surface area contributed by atoms with Crippen LogP contribution in [0.4, 0.5) is 17.8 Å². The smallest absolute Gasteiger partial charge is 0.250 e. The van der Waals surface area contributed by atoms with Crippen LogP contribution >= 0.6 is 0 Å². The van der Waals surface area contributed by atoms with E-state index in [9.17, 15) is 5.11 Å². The van der Waals surface area contributed by atoms with Crippen molar-refractivity contribution in [2.75, 3.05) is 48.5 Å². The van der Waals surface area contributed by atoms with E-state index in [2.05, 4.69) is 30.3 Å². The lowest BCUT2D eigenvalue weighted by Gasteiger charge is -2.30. The highest BCUT2D eigenvalue weighted by atomic mass is 16.5.